The molecule has 0 N–H and O–H groups in total. The lowest BCUT2D eigenvalue weighted by Gasteiger charge is -2.21. The van der Waals surface area contributed by atoms with Crippen LogP contribution in [0.25, 0.3) is 0 Å². The van der Waals surface area contributed by atoms with E-state index in [0.29, 0.717) is 34.0 Å². The number of carbonyl (C=O) groups is 2. The monoisotopic (exact) mass is 485 g/mol. The van der Waals surface area contributed by atoms with Crippen LogP contribution in [0.15, 0.2) is 10.9 Å². The normalized spacial score (nSPS) is 16.5. The molecule has 2 saturated heterocycles. The van der Waals surface area contributed by atoms with Crippen molar-refractivity contribution in [1.29, 1.82) is 0 Å². The largest absolute Gasteiger partial charge is 0.487 e. The first kappa shape index (κ1) is 23.2. The van der Waals surface area contributed by atoms with Gasteiger partial charge in [-0.25, -0.2) is 0 Å². The highest BCUT2D eigenvalue weighted by molar-refractivity contribution is 8.23. The summed E-state index contributed by atoms with van der Waals surface area (Å²) >= 11 is 13.4. The van der Waals surface area contributed by atoms with Crippen LogP contribution in [0.1, 0.15) is 35.8 Å². The maximum atomic E-state index is 13.3. The zero-order valence-electron chi connectivity index (χ0n) is 16.8. The van der Waals surface area contributed by atoms with Crippen molar-refractivity contribution in [3.8, 4) is 5.75 Å². The molecule has 30 heavy (non-hydrogen) atoms. The number of hydrogen-bond acceptors (Lipinski definition) is 8. The topological polar surface area (TPSA) is 71.8 Å². The number of rotatable bonds is 7. The van der Waals surface area contributed by atoms with Gasteiger partial charge in [0.1, 0.15) is 15.2 Å². The maximum Gasteiger partial charge on any atom is 0.294 e. The molecule has 0 radical (unpaired) electrons. The molecule has 0 atom stereocenters. The number of unbranched alkanes of at least 4 members (excludes halogenated alkanes) is 1. The maximum absolute atomic E-state index is 13.3. The molecule has 2 amide bonds. The van der Waals surface area contributed by atoms with Crippen molar-refractivity contribution in [1.82, 2.24) is 14.4 Å². The molecule has 3 rings (SSSR count). The summed E-state index contributed by atoms with van der Waals surface area (Å²) < 4.78 is 8.13. The Labute approximate surface area is 194 Å². The summed E-state index contributed by atoms with van der Waals surface area (Å²) in [7, 11) is 0. The van der Waals surface area contributed by atoms with Crippen LogP contribution in [0.5, 0.6) is 5.75 Å². The van der Waals surface area contributed by atoms with E-state index in [1.807, 2.05) is 6.92 Å². The van der Waals surface area contributed by atoms with E-state index in [9.17, 15) is 14.4 Å². The van der Waals surface area contributed by atoms with Crippen LogP contribution >= 0.6 is 48.0 Å². The number of nitrogens with zero attached hydrogens (tertiary/aromatic N) is 3. The summed E-state index contributed by atoms with van der Waals surface area (Å²) in [6, 6.07) is 1.61. The van der Waals surface area contributed by atoms with Gasteiger partial charge in [0.2, 0.25) is 5.91 Å². The fourth-order valence-electron chi connectivity index (χ4n) is 3.13. The van der Waals surface area contributed by atoms with Crippen LogP contribution in [-0.2, 0) is 11.3 Å². The van der Waals surface area contributed by atoms with E-state index in [1.54, 1.807) is 13.0 Å². The Hall–Kier alpha value is -1.43. The second-order valence-corrected chi connectivity index (χ2v) is 10.3. The highest BCUT2D eigenvalue weighted by Crippen LogP contribution is 2.25. The predicted molar refractivity (Wildman–Crippen MR) is 129 cm³/mol. The smallest absolute Gasteiger partial charge is 0.294 e. The Kier molecular flexibility index (Phi) is 7.94. The fraction of sp³-hybridized carbons (Fsp3) is 0.526. The SMILES string of the molecule is CCCCOc1c(C(=O)N2CCSC2=S)cc(C)n(CC(=O)N2CCSC2=S)c1=O. The van der Waals surface area contributed by atoms with Crippen molar-refractivity contribution in [3.05, 3.63) is 27.7 Å². The van der Waals surface area contributed by atoms with Gasteiger partial charge in [-0.1, -0.05) is 61.3 Å². The van der Waals surface area contributed by atoms with Gasteiger partial charge in [0.25, 0.3) is 11.5 Å². The molecule has 0 bridgehead atoms. The van der Waals surface area contributed by atoms with E-state index in [1.165, 1.54) is 37.9 Å². The number of pyridine rings is 1. The summed E-state index contributed by atoms with van der Waals surface area (Å²) in [5.41, 5.74) is 0.211. The molecule has 162 valence electrons. The standard InChI is InChI=1S/C19H23N3O4S4/c1-3-4-7-26-15-13(16(24)21-6-9-30-19(21)28)10-12(2)22(17(15)25)11-14(23)20-5-8-29-18(20)27/h10H,3-9,11H2,1-2H3. The lowest BCUT2D eigenvalue weighted by molar-refractivity contribution is -0.127. The fourth-order valence-corrected chi connectivity index (χ4v) is 5.57. The van der Waals surface area contributed by atoms with Gasteiger partial charge >= 0.3 is 0 Å². The van der Waals surface area contributed by atoms with Gasteiger partial charge in [-0.2, -0.15) is 0 Å². The third kappa shape index (κ3) is 4.90. The number of ether oxygens (including phenoxy) is 1. The Balaban J connectivity index is 1.96. The van der Waals surface area contributed by atoms with Crippen LogP contribution in [0, 0.1) is 6.92 Å². The van der Waals surface area contributed by atoms with Gasteiger partial charge in [-0.05, 0) is 19.4 Å². The average Bonchev–Trinajstić information content (AvgIpc) is 3.34. The van der Waals surface area contributed by atoms with E-state index >= 15 is 0 Å². The Morgan fingerprint density at radius 1 is 1.13 bits per heavy atom. The second kappa shape index (κ2) is 10.3. The van der Waals surface area contributed by atoms with Crippen molar-refractivity contribution >= 4 is 68.4 Å². The molecule has 7 nitrogen and oxygen atoms in total. The number of aryl methyl sites for hydroxylation is 1. The summed E-state index contributed by atoms with van der Waals surface area (Å²) in [6.45, 7) is 4.92. The molecule has 0 spiro atoms. The molecule has 3 heterocycles. The molecule has 2 fully saturated rings. The molecule has 0 aliphatic carbocycles. The number of carbonyl (C=O) groups excluding carboxylic acids is 2. The van der Waals surface area contributed by atoms with E-state index < -0.39 is 5.56 Å². The number of hydrogen-bond donors (Lipinski definition) is 0. The molecule has 1 aromatic heterocycles. The predicted octanol–water partition coefficient (Wildman–Crippen LogP) is 2.67. The number of thioether (sulfide) groups is 2. The third-order valence-corrected chi connectivity index (χ3v) is 7.65. The van der Waals surface area contributed by atoms with Crippen molar-refractivity contribution in [2.75, 3.05) is 31.2 Å². The Morgan fingerprint density at radius 2 is 1.77 bits per heavy atom. The van der Waals surface area contributed by atoms with Gasteiger partial charge in [-0.3, -0.25) is 24.2 Å². The van der Waals surface area contributed by atoms with E-state index in [0.717, 1.165) is 24.3 Å². The van der Waals surface area contributed by atoms with Crippen molar-refractivity contribution in [2.24, 2.45) is 0 Å². The first-order chi connectivity index (χ1) is 14.3. The van der Waals surface area contributed by atoms with Crippen molar-refractivity contribution < 1.29 is 14.3 Å². The number of aromatic nitrogens is 1. The van der Waals surface area contributed by atoms with Gasteiger partial charge in [0, 0.05) is 30.3 Å². The zero-order valence-corrected chi connectivity index (χ0v) is 20.1. The van der Waals surface area contributed by atoms with Crippen LogP contribution < -0.4 is 10.3 Å². The molecule has 1 aromatic rings. The molecule has 2 aliphatic rings. The van der Waals surface area contributed by atoms with Crippen molar-refractivity contribution in [3.63, 3.8) is 0 Å². The van der Waals surface area contributed by atoms with Crippen molar-refractivity contribution in [2.45, 2.75) is 33.2 Å². The van der Waals surface area contributed by atoms with E-state index in [4.69, 9.17) is 29.2 Å². The number of thiocarbonyl (C=S) groups is 2. The summed E-state index contributed by atoms with van der Waals surface area (Å²) in [6.07, 6.45) is 1.63. The molecule has 0 saturated carbocycles. The van der Waals surface area contributed by atoms with E-state index in [2.05, 4.69) is 0 Å². The summed E-state index contributed by atoms with van der Waals surface area (Å²) in [5.74, 6) is 0.878. The van der Waals surface area contributed by atoms with Crippen LogP contribution in [0.4, 0.5) is 0 Å². The van der Waals surface area contributed by atoms with Crippen LogP contribution in [0.2, 0.25) is 0 Å². The van der Waals surface area contributed by atoms with Crippen LogP contribution in [0.3, 0.4) is 0 Å². The highest BCUT2D eigenvalue weighted by Gasteiger charge is 2.31. The minimum atomic E-state index is -0.488. The Morgan fingerprint density at radius 3 is 2.33 bits per heavy atom. The summed E-state index contributed by atoms with van der Waals surface area (Å²) in [4.78, 5) is 42.1. The van der Waals surface area contributed by atoms with Gasteiger partial charge < -0.3 is 9.30 Å². The zero-order chi connectivity index (χ0) is 21.8. The molecular formula is C19H23N3O4S4. The quantitative estimate of drug-likeness (QED) is 0.431. The molecule has 11 heteroatoms. The molecule has 0 aromatic carbocycles. The second-order valence-electron chi connectivity index (χ2n) is 6.85. The number of amides is 2. The van der Waals surface area contributed by atoms with Gasteiger partial charge in [0.15, 0.2) is 5.75 Å². The lowest BCUT2D eigenvalue weighted by atomic mass is 10.1. The molecule has 0 unspecified atom stereocenters. The highest BCUT2D eigenvalue weighted by atomic mass is 32.2. The van der Waals surface area contributed by atoms with E-state index in [-0.39, 0.29) is 29.7 Å². The van der Waals surface area contributed by atoms with Gasteiger partial charge in [0.05, 0.1) is 12.2 Å². The first-order valence-electron chi connectivity index (χ1n) is 9.68. The van der Waals surface area contributed by atoms with Crippen LogP contribution in [-0.4, -0.2) is 66.0 Å². The lowest BCUT2D eigenvalue weighted by Crippen LogP contribution is -2.38. The average molecular weight is 486 g/mol. The minimum absolute atomic E-state index is 0.0232. The Bertz CT molecular complexity index is 946. The summed E-state index contributed by atoms with van der Waals surface area (Å²) in [5, 5.41) is 0. The molecule has 2 aliphatic heterocycles. The third-order valence-electron chi connectivity index (χ3n) is 4.80. The molecular weight excluding hydrogens is 462 g/mol. The first-order valence-corrected chi connectivity index (χ1v) is 12.5. The minimum Gasteiger partial charge on any atom is -0.487 e. The van der Waals surface area contributed by atoms with Gasteiger partial charge in [-0.15, -0.1) is 0 Å².